The van der Waals surface area contributed by atoms with Crippen molar-refractivity contribution in [3.05, 3.63) is 73.3 Å². The van der Waals surface area contributed by atoms with E-state index in [-0.39, 0.29) is 49.3 Å². The number of aromatic nitrogens is 2. The van der Waals surface area contributed by atoms with E-state index < -0.39 is 34.6 Å². The molecule has 0 atom stereocenters. The van der Waals surface area contributed by atoms with Crippen LogP contribution in [0.5, 0.6) is 17.2 Å². The van der Waals surface area contributed by atoms with E-state index in [1.807, 2.05) is 0 Å². The molecule has 1 aliphatic rings. The predicted octanol–water partition coefficient (Wildman–Crippen LogP) is 4.14. The number of rotatable bonds is 7. The highest BCUT2D eigenvalue weighted by molar-refractivity contribution is 8.15. The van der Waals surface area contributed by atoms with E-state index in [9.17, 15) is 31.9 Å². The average Bonchev–Trinajstić information content (AvgIpc) is 3.25. The van der Waals surface area contributed by atoms with Crippen molar-refractivity contribution in [1.29, 1.82) is 0 Å². The van der Waals surface area contributed by atoms with E-state index >= 15 is 0 Å². The Labute approximate surface area is 238 Å². The number of alkyl halides is 3. The number of halogens is 5. The van der Waals surface area contributed by atoms with Crippen molar-refractivity contribution < 1.29 is 36.6 Å². The summed E-state index contributed by atoms with van der Waals surface area (Å²) in [6.45, 7) is 0.0198. The molecular weight excluding hydrogens is 596 g/mol. The molecule has 218 valence electrons. The summed E-state index contributed by atoms with van der Waals surface area (Å²) in [5.41, 5.74) is -4.55. The van der Waals surface area contributed by atoms with Crippen molar-refractivity contribution in [2.24, 2.45) is 12.0 Å². The smallest absolute Gasteiger partial charge is 0.431 e. The maximum absolute atomic E-state index is 14.9. The average molecular weight is 617 g/mol. The summed E-state index contributed by atoms with van der Waals surface area (Å²) in [4.78, 5) is 43.7. The number of carbonyl (C=O) groups is 1. The van der Waals surface area contributed by atoms with Gasteiger partial charge in [0.2, 0.25) is 11.7 Å². The largest absolute Gasteiger partial charge is 0.493 e. The zero-order chi connectivity index (χ0) is 30.2. The molecule has 2 aromatic carbocycles. The lowest BCUT2D eigenvalue weighted by molar-refractivity contribution is -0.144. The van der Waals surface area contributed by atoms with Crippen molar-refractivity contribution in [1.82, 2.24) is 14.0 Å². The Kier molecular flexibility index (Phi) is 8.40. The van der Waals surface area contributed by atoms with Crippen LogP contribution in [-0.4, -0.2) is 52.2 Å². The topological polar surface area (TPSA) is 104 Å². The van der Waals surface area contributed by atoms with Gasteiger partial charge in [0.1, 0.15) is 11.5 Å². The molecule has 1 aliphatic heterocycles. The second kappa shape index (κ2) is 11.5. The Hall–Kier alpha value is -3.98. The maximum Gasteiger partial charge on any atom is 0.431 e. The fourth-order valence-electron chi connectivity index (χ4n) is 4.05. The van der Waals surface area contributed by atoms with Crippen molar-refractivity contribution in [3.63, 3.8) is 0 Å². The zero-order valence-electron chi connectivity index (χ0n) is 21.8. The number of aliphatic imine (C=N–C) groups is 1. The second-order valence-corrected chi connectivity index (χ2v) is 9.84. The molecule has 0 aliphatic carbocycles. The number of thioether (sulfide) groups is 1. The minimum atomic E-state index is -4.99. The summed E-state index contributed by atoms with van der Waals surface area (Å²) >= 11 is 7.25. The number of benzene rings is 2. The quantitative estimate of drug-likeness (QED) is 0.368. The highest BCUT2D eigenvalue weighted by Crippen LogP contribution is 2.39. The summed E-state index contributed by atoms with van der Waals surface area (Å²) in [7, 11) is 5.13. The van der Waals surface area contributed by atoms with E-state index in [0.29, 0.717) is 22.8 Å². The van der Waals surface area contributed by atoms with Crippen LogP contribution in [0.25, 0.3) is 5.69 Å². The van der Waals surface area contributed by atoms with E-state index in [0.717, 1.165) is 30.9 Å². The molecule has 1 amide bonds. The summed E-state index contributed by atoms with van der Waals surface area (Å²) < 4.78 is 71.1. The van der Waals surface area contributed by atoms with Gasteiger partial charge in [-0.15, -0.1) is 0 Å². The molecule has 2 heterocycles. The molecule has 3 aromatic rings. The normalized spacial score (nSPS) is 14.6. The molecule has 1 aromatic heterocycles. The third-order valence-electron chi connectivity index (χ3n) is 6.01. The molecule has 0 radical (unpaired) electrons. The Morgan fingerprint density at radius 3 is 2.20 bits per heavy atom. The first kappa shape index (κ1) is 30.0. The van der Waals surface area contributed by atoms with E-state index in [2.05, 4.69) is 4.99 Å². The minimum Gasteiger partial charge on any atom is -0.493 e. The minimum absolute atomic E-state index is 0.0198. The van der Waals surface area contributed by atoms with Gasteiger partial charge < -0.3 is 14.2 Å². The highest BCUT2D eigenvalue weighted by atomic mass is 35.5. The summed E-state index contributed by atoms with van der Waals surface area (Å²) in [5.74, 6) is -0.376. The van der Waals surface area contributed by atoms with Crippen molar-refractivity contribution in [3.8, 4) is 22.9 Å². The van der Waals surface area contributed by atoms with Crippen LogP contribution in [0.4, 0.5) is 23.2 Å². The Morgan fingerprint density at radius 2 is 1.63 bits per heavy atom. The molecule has 4 rings (SSSR count). The molecule has 0 unspecified atom stereocenters. The Balaban J connectivity index is 1.78. The van der Waals surface area contributed by atoms with E-state index in [1.165, 1.54) is 26.2 Å². The van der Waals surface area contributed by atoms with Crippen LogP contribution in [0, 0.1) is 5.82 Å². The molecule has 1 fully saturated rings. The van der Waals surface area contributed by atoms with Gasteiger partial charge in [0, 0.05) is 13.1 Å². The van der Waals surface area contributed by atoms with Crippen LogP contribution in [-0.2, 0) is 24.6 Å². The van der Waals surface area contributed by atoms with Crippen molar-refractivity contribution in [2.45, 2.75) is 12.7 Å². The summed E-state index contributed by atoms with van der Waals surface area (Å²) in [6.07, 6.45) is -4.99. The number of carbonyl (C=O) groups excluding carboxylic acids is 1. The Morgan fingerprint density at radius 1 is 1.00 bits per heavy atom. The first-order valence-electron chi connectivity index (χ1n) is 11.5. The van der Waals surface area contributed by atoms with Crippen LogP contribution < -0.4 is 25.5 Å². The van der Waals surface area contributed by atoms with Gasteiger partial charge in [-0.3, -0.25) is 19.1 Å². The third-order valence-corrected chi connectivity index (χ3v) is 7.27. The molecule has 16 heteroatoms. The highest BCUT2D eigenvalue weighted by Gasteiger charge is 2.35. The van der Waals surface area contributed by atoms with Crippen molar-refractivity contribution >= 4 is 40.1 Å². The van der Waals surface area contributed by atoms with Crippen LogP contribution in [0.15, 0.2) is 44.9 Å². The number of amides is 1. The predicted molar refractivity (Wildman–Crippen MR) is 143 cm³/mol. The van der Waals surface area contributed by atoms with Gasteiger partial charge in [-0.25, -0.2) is 18.7 Å². The number of ether oxygens (including phenoxy) is 3. The first-order chi connectivity index (χ1) is 19.3. The van der Waals surface area contributed by atoms with Gasteiger partial charge in [-0.2, -0.15) is 13.2 Å². The van der Waals surface area contributed by atoms with Crippen molar-refractivity contribution in [2.75, 3.05) is 27.1 Å². The lowest BCUT2D eigenvalue weighted by Crippen LogP contribution is -2.41. The monoisotopic (exact) mass is 616 g/mol. The molecule has 41 heavy (non-hydrogen) atoms. The standard InChI is InChI=1S/C25H21ClF4N4O6S/c1-32-19(25(28,29)30)9-20(35)34(24(32)37)16-8-15(13(26)7-14(16)27)31-23-33(21(36)11-41-23)10-12-5-17(38-2)22(40-4)18(6-12)39-3/h5-9H,10-11H2,1-4H3. The molecule has 0 spiro atoms. The number of hydrogen-bond donors (Lipinski definition) is 0. The van der Waals surface area contributed by atoms with Crippen LogP contribution in [0.2, 0.25) is 5.02 Å². The van der Waals surface area contributed by atoms with Crippen LogP contribution >= 0.6 is 23.4 Å². The van der Waals surface area contributed by atoms with Gasteiger partial charge in [0.15, 0.2) is 16.7 Å². The van der Waals surface area contributed by atoms with Gasteiger partial charge in [0.25, 0.3) is 5.56 Å². The van der Waals surface area contributed by atoms with E-state index in [1.54, 1.807) is 12.1 Å². The summed E-state index contributed by atoms with van der Waals surface area (Å²) in [6, 6.07) is 5.19. The molecule has 0 N–H and O–H groups in total. The number of amidine groups is 1. The third kappa shape index (κ3) is 5.77. The maximum atomic E-state index is 14.9. The molecule has 10 nitrogen and oxygen atoms in total. The lowest BCUT2D eigenvalue weighted by atomic mass is 10.1. The number of methoxy groups -OCH3 is 3. The molecule has 0 bridgehead atoms. The number of hydrogen-bond acceptors (Lipinski definition) is 8. The van der Waals surface area contributed by atoms with Crippen LogP contribution in [0.1, 0.15) is 11.3 Å². The van der Waals surface area contributed by atoms with Gasteiger partial charge >= 0.3 is 11.9 Å². The molecule has 1 saturated heterocycles. The van der Waals surface area contributed by atoms with Gasteiger partial charge in [-0.05, 0) is 29.8 Å². The summed E-state index contributed by atoms with van der Waals surface area (Å²) in [5, 5.41) is -0.0703. The van der Waals surface area contributed by atoms with E-state index in [4.69, 9.17) is 25.8 Å². The fourth-order valence-corrected chi connectivity index (χ4v) is 5.14. The second-order valence-electron chi connectivity index (χ2n) is 8.49. The first-order valence-corrected chi connectivity index (χ1v) is 12.9. The van der Waals surface area contributed by atoms with Crippen LogP contribution in [0.3, 0.4) is 0 Å². The lowest BCUT2D eigenvalue weighted by Gasteiger charge is -2.19. The van der Waals surface area contributed by atoms with Gasteiger partial charge in [0.05, 0.1) is 50.0 Å². The fraction of sp³-hybridized carbons (Fsp3) is 0.280. The number of nitrogens with zero attached hydrogens (tertiary/aromatic N) is 4. The van der Waals surface area contributed by atoms with Gasteiger partial charge in [-0.1, -0.05) is 23.4 Å². The SMILES string of the molecule is COc1cc(CN2C(=O)CSC2=Nc2cc(-n3c(=O)cc(C(F)(F)F)n(C)c3=O)c(F)cc2Cl)cc(OC)c1OC. The molecule has 0 saturated carbocycles. The Bertz CT molecular complexity index is 1660. The zero-order valence-corrected chi connectivity index (χ0v) is 23.4. The molecular formula is C25H21ClF4N4O6S.